The molecule has 0 radical (unpaired) electrons. The van der Waals surface area contributed by atoms with Crippen LogP contribution in [0.5, 0.6) is 0 Å². The summed E-state index contributed by atoms with van der Waals surface area (Å²) in [4.78, 5) is 5.34. The van der Waals surface area contributed by atoms with Crippen molar-refractivity contribution < 1.29 is 0 Å². The Kier molecular flexibility index (Phi) is 4.22. The maximum Gasteiger partial charge on any atom is 0.0380 e. The van der Waals surface area contributed by atoms with E-state index in [1.54, 1.807) is 0 Å². The normalized spacial score (nSPS) is 35.6. The highest BCUT2D eigenvalue weighted by Gasteiger charge is 2.38. The molecule has 94 valence electrons. The number of nitrogens with one attached hydrogen (secondary N) is 1. The van der Waals surface area contributed by atoms with Gasteiger partial charge in [0.05, 0.1) is 0 Å². The van der Waals surface area contributed by atoms with E-state index in [0.717, 1.165) is 12.0 Å². The summed E-state index contributed by atoms with van der Waals surface area (Å²) < 4.78 is 0. The van der Waals surface area contributed by atoms with Crippen LogP contribution in [0.4, 0.5) is 0 Å². The van der Waals surface area contributed by atoms with Gasteiger partial charge in [0.2, 0.25) is 0 Å². The maximum absolute atomic E-state index is 3.59. The summed E-state index contributed by atoms with van der Waals surface area (Å²) in [7, 11) is 2.14. The van der Waals surface area contributed by atoms with Gasteiger partial charge in [0.15, 0.2) is 0 Å². The lowest BCUT2D eigenvalue weighted by atomic mass is 9.86. The number of nitrogens with zero attached hydrogens (tertiary/aromatic N) is 2. The van der Waals surface area contributed by atoms with E-state index in [0.29, 0.717) is 6.04 Å². The van der Waals surface area contributed by atoms with Crippen LogP contribution in [0.15, 0.2) is 0 Å². The minimum Gasteiger partial charge on any atom is -0.315 e. The molecule has 3 aliphatic rings. The van der Waals surface area contributed by atoms with Crippen molar-refractivity contribution >= 4 is 0 Å². The molecule has 3 nitrogen and oxygen atoms in total. The molecule has 3 heteroatoms. The van der Waals surface area contributed by atoms with Crippen LogP contribution in [0, 0.1) is 5.92 Å². The Hall–Kier alpha value is -0.120. The zero-order chi connectivity index (χ0) is 11.5. The quantitative estimate of drug-likeness (QED) is 0.753. The summed E-state index contributed by atoms with van der Waals surface area (Å²) in [5, 5.41) is 3.59. The second-order valence-corrected chi connectivity index (χ2v) is 5.29. The number of piperazine rings is 3. The number of rotatable bonds is 5. The van der Waals surface area contributed by atoms with E-state index in [1.165, 1.54) is 45.6 Å². The molecule has 0 saturated carbocycles. The maximum atomic E-state index is 3.59. The SMILES string of the molecule is CCC(CC)C(NC)C1CN2CCN1CC2. The van der Waals surface area contributed by atoms with E-state index in [2.05, 4.69) is 36.0 Å². The molecule has 2 bridgehead atoms. The van der Waals surface area contributed by atoms with E-state index >= 15 is 0 Å². The van der Waals surface area contributed by atoms with Crippen molar-refractivity contribution in [2.24, 2.45) is 5.92 Å². The lowest BCUT2D eigenvalue weighted by Gasteiger charge is -2.51. The first-order chi connectivity index (χ1) is 7.80. The molecule has 3 rings (SSSR count). The van der Waals surface area contributed by atoms with Crippen LogP contribution >= 0.6 is 0 Å². The molecule has 0 aromatic rings. The van der Waals surface area contributed by atoms with Crippen molar-refractivity contribution in [2.45, 2.75) is 38.8 Å². The second-order valence-electron chi connectivity index (χ2n) is 5.29. The van der Waals surface area contributed by atoms with Gasteiger partial charge in [-0.2, -0.15) is 0 Å². The van der Waals surface area contributed by atoms with Gasteiger partial charge in [-0.15, -0.1) is 0 Å². The minimum atomic E-state index is 0.679. The molecule has 0 aromatic carbocycles. The van der Waals surface area contributed by atoms with Crippen LogP contribution in [0.2, 0.25) is 0 Å². The van der Waals surface area contributed by atoms with E-state index in [1.807, 2.05) is 0 Å². The first kappa shape index (κ1) is 12.3. The fourth-order valence-electron chi connectivity index (χ4n) is 3.54. The molecular formula is C13H27N3. The van der Waals surface area contributed by atoms with Crippen LogP contribution in [0.1, 0.15) is 26.7 Å². The van der Waals surface area contributed by atoms with Crippen LogP contribution in [0.25, 0.3) is 0 Å². The van der Waals surface area contributed by atoms with Crippen LogP contribution < -0.4 is 5.32 Å². The average Bonchev–Trinajstić information content (AvgIpc) is 2.37. The summed E-state index contributed by atoms with van der Waals surface area (Å²) in [6, 6.07) is 1.43. The average molecular weight is 225 g/mol. The molecule has 2 unspecified atom stereocenters. The Morgan fingerprint density at radius 1 is 1.12 bits per heavy atom. The predicted octanol–water partition coefficient (Wildman–Crippen LogP) is 1.01. The summed E-state index contributed by atoms with van der Waals surface area (Å²) in [5.41, 5.74) is 0. The number of fused-ring (bicyclic) bond motifs is 3. The fourth-order valence-corrected chi connectivity index (χ4v) is 3.54. The van der Waals surface area contributed by atoms with Gasteiger partial charge in [-0.3, -0.25) is 9.80 Å². The summed E-state index contributed by atoms with van der Waals surface area (Å²) in [5.74, 6) is 0.829. The van der Waals surface area contributed by atoms with Gasteiger partial charge in [-0.25, -0.2) is 0 Å². The van der Waals surface area contributed by atoms with Gasteiger partial charge in [0, 0.05) is 44.8 Å². The van der Waals surface area contributed by atoms with Gasteiger partial charge in [-0.05, 0) is 13.0 Å². The Balaban J connectivity index is 2.03. The molecule has 3 saturated heterocycles. The van der Waals surface area contributed by atoms with Gasteiger partial charge in [0.1, 0.15) is 0 Å². The first-order valence-electron chi connectivity index (χ1n) is 6.93. The third-order valence-corrected chi connectivity index (χ3v) is 4.63. The van der Waals surface area contributed by atoms with Crippen molar-refractivity contribution in [3.8, 4) is 0 Å². The highest BCUT2D eigenvalue weighted by molar-refractivity contribution is 4.96. The molecular weight excluding hydrogens is 198 g/mol. The topological polar surface area (TPSA) is 18.5 Å². The summed E-state index contributed by atoms with van der Waals surface area (Å²) in [6.45, 7) is 11.1. The number of hydrogen-bond acceptors (Lipinski definition) is 3. The molecule has 16 heavy (non-hydrogen) atoms. The van der Waals surface area contributed by atoms with Crippen molar-refractivity contribution in [3.63, 3.8) is 0 Å². The summed E-state index contributed by atoms with van der Waals surface area (Å²) in [6.07, 6.45) is 2.60. The largest absolute Gasteiger partial charge is 0.315 e. The van der Waals surface area contributed by atoms with Gasteiger partial charge in [-0.1, -0.05) is 26.7 Å². The fraction of sp³-hybridized carbons (Fsp3) is 1.00. The lowest BCUT2D eigenvalue weighted by Crippen LogP contribution is -2.67. The van der Waals surface area contributed by atoms with Gasteiger partial charge in [0.25, 0.3) is 0 Å². The predicted molar refractivity (Wildman–Crippen MR) is 68.7 cm³/mol. The van der Waals surface area contributed by atoms with E-state index in [4.69, 9.17) is 0 Å². The molecule has 2 atom stereocenters. The Labute approximate surface area is 100 Å². The van der Waals surface area contributed by atoms with Crippen molar-refractivity contribution in [2.75, 3.05) is 39.8 Å². The second kappa shape index (κ2) is 5.48. The lowest BCUT2D eigenvalue weighted by molar-refractivity contribution is -0.0126. The standard InChI is InChI=1S/C13H27N3/c1-4-11(5-2)13(14-3)12-10-15-6-8-16(12)9-7-15/h11-14H,4-10H2,1-3H3. The van der Waals surface area contributed by atoms with E-state index < -0.39 is 0 Å². The first-order valence-corrected chi connectivity index (χ1v) is 6.93. The molecule has 3 heterocycles. The zero-order valence-electron chi connectivity index (χ0n) is 11.1. The van der Waals surface area contributed by atoms with Crippen LogP contribution in [-0.2, 0) is 0 Å². The molecule has 3 fully saturated rings. The molecule has 3 aliphatic heterocycles. The Morgan fingerprint density at radius 2 is 1.75 bits per heavy atom. The van der Waals surface area contributed by atoms with E-state index in [-0.39, 0.29) is 0 Å². The van der Waals surface area contributed by atoms with Gasteiger partial charge < -0.3 is 5.32 Å². The molecule has 0 aromatic heterocycles. The Morgan fingerprint density at radius 3 is 2.12 bits per heavy atom. The molecule has 0 aliphatic carbocycles. The molecule has 1 N–H and O–H groups in total. The molecule has 0 spiro atoms. The Bertz CT molecular complexity index is 205. The van der Waals surface area contributed by atoms with Crippen molar-refractivity contribution in [1.29, 1.82) is 0 Å². The third kappa shape index (κ3) is 2.27. The smallest absolute Gasteiger partial charge is 0.0380 e. The van der Waals surface area contributed by atoms with Crippen molar-refractivity contribution in [1.82, 2.24) is 15.1 Å². The minimum absolute atomic E-state index is 0.679. The van der Waals surface area contributed by atoms with Crippen LogP contribution in [-0.4, -0.2) is 61.7 Å². The molecule has 0 amide bonds. The number of hydrogen-bond donors (Lipinski definition) is 1. The zero-order valence-corrected chi connectivity index (χ0v) is 11.1. The number of likely N-dealkylation sites (N-methyl/N-ethyl adjacent to an activating group) is 1. The van der Waals surface area contributed by atoms with E-state index in [9.17, 15) is 0 Å². The third-order valence-electron chi connectivity index (χ3n) is 4.63. The van der Waals surface area contributed by atoms with Gasteiger partial charge >= 0.3 is 0 Å². The monoisotopic (exact) mass is 225 g/mol. The summed E-state index contributed by atoms with van der Waals surface area (Å²) >= 11 is 0. The highest BCUT2D eigenvalue weighted by atomic mass is 15.4. The van der Waals surface area contributed by atoms with Crippen molar-refractivity contribution in [3.05, 3.63) is 0 Å². The highest BCUT2D eigenvalue weighted by Crippen LogP contribution is 2.24. The van der Waals surface area contributed by atoms with Crippen LogP contribution in [0.3, 0.4) is 0 Å².